The van der Waals surface area contributed by atoms with E-state index in [9.17, 15) is 0 Å². The zero-order valence-corrected chi connectivity index (χ0v) is 11.0. The second kappa shape index (κ2) is 6.30. The lowest BCUT2D eigenvalue weighted by Crippen LogP contribution is -1.95. The Hall–Kier alpha value is -2.93. The highest BCUT2D eigenvalue weighted by Crippen LogP contribution is 2.24. The van der Waals surface area contributed by atoms with Gasteiger partial charge in [-0.1, -0.05) is 0 Å². The standard InChI is InChI=1S/C16H14N2O2/c1-19-13-6-8-15(9-7-13)20-14-4-2-12(3-5-14)16(18)10-11-17/h2-10H,18H2,1H3/b16-10-. The predicted octanol–water partition coefficient (Wildman–Crippen LogP) is 3.31. The molecule has 4 nitrogen and oxygen atoms in total. The highest BCUT2D eigenvalue weighted by molar-refractivity contribution is 5.65. The molecule has 2 aromatic rings. The van der Waals surface area contributed by atoms with E-state index in [1.165, 1.54) is 6.08 Å². The van der Waals surface area contributed by atoms with Crippen LogP contribution in [0, 0.1) is 11.3 Å². The van der Waals surface area contributed by atoms with Gasteiger partial charge in [-0.2, -0.15) is 5.26 Å². The molecule has 0 aliphatic heterocycles. The molecule has 0 saturated carbocycles. The first-order valence-corrected chi connectivity index (χ1v) is 6.00. The SMILES string of the molecule is COc1ccc(Oc2ccc(/C(N)=C/C#N)cc2)cc1. The van der Waals surface area contributed by atoms with Gasteiger partial charge in [0, 0.05) is 11.8 Å². The van der Waals surface area contributed by atoms with Gasteiger partial charge in [0.25, 0.3) is 0 Å². The fourth-order valence-corrected chi connectivity index (χ4v) is 1.65. The topological polar surface area (TPSA) is 68.3 Å². The van der Waals surface area contributed by atoms with Gasteiger partial charge >= 0.3 is 0 Å². The molecule has 0 heterocycles. The maximum atomic E-state index is 8.55. The number of nitriles is 1. The van der Waals surface area contributed by atoms with Crippen LogP contribution < -0.4 is 15.2 Å². The summed E-state index contributed by atoms with van der Waals surface area (Å²) in [5, 5.41) is 8.55. The summed E-state index contributed by atoms with van der Waals surface area (Å²) in [4.78, 5) is 0. The van der Waals surface area contributed by atoms with Crippen molar-refractivity contribution < 1.29 is 9.47 Å². The van der Waals surface area contributed by atoms with Crippen molar-refractivity contribution in [2.45, 2.75) is 0 Å². The minimum atomic E-state index is 0.434. The van der Waals surface area contributed by atoms with E-state index in [1.807, 2.05) is 42.5 Å². The Kier molecular flexibility index (Phi) is 4.25. The van der Waals surface area contributed by atoms with Gasteiger partial charge in [-0.3, -0.25) is 0 Å². The maximum Gasteiger partial charge on any atom is 0.127 e. The Morgan fingerprint density at radius 1 is 1.00 bits per heavy atom. The minimum absolute atomic E-state index is 0.434. The summed E-state index contributed by atoms with van der Waals surface area (Å²) in [6.07, 6.45) is 1.30. The Bertz CT molecular complexity index is 638. The number of hydrogen-bond acceptors (Lipinski definition) is 4. The second-order valence-corrected chi connectivity index (χ2v) is 4.03. The minimum Gasteiger partial charge on any atom is -0.497 e. The van der Waals surface area contributed by atoms with Crippen LogP contribution in [-0.4, -0.2) is 7.11 Å². The number of rotatable bonds is 4. The van der Waals surface area contributed by atoms with Gasteiger partial charge in [-0.25, -0.2) is 0 Å². The molecule has 0 aromatic heterocycles. The Balaban J connectivity index is 2.10. The highest BCUT2D eigenvalue weighted by atomic mass is 16.5. The molecule has 0 amide bonds. The number of nitrogens with two attached hydrogens (primary N) is 1. The summed E-state index contributed by atoms with van der Waals surface area (Å²) in [7, 11) is 1.62. The smallest absolute Gasteiger partial charge is 0.127 e. The summed E-state index contributed by atoms with van der Waals surface area (Å²) in [6, 6.07) is 16.4. The van der Waals surface area contributed by atoms with E-state index in [1.54, 1.807) is 19.2 Å². The third-order valence-electron chi connectivity index (χ3n) is 2.70. The van der Waals surface area contributed by atoms with Crippen LogP contribution in [0.15, 0.2) is 54.6 Å². The Morgan fingerprint density at radius 2 is 1.50 bits per heavy atom. The fourth-order valence-electron chi connectivity index (χ4n) is 1.65. The molecule has 0 bridgehead atoms. The molecule has 4 heteroatoms. The van der Waals surface area contributed by atoms with Crippen LogP contribution in [0.3, 0.4) is 0 Å². The van der Waals surface area contributed by atoms with Crippen LogP contribution in [0.5, 0.6) is 17.2 Å². The second-order valence-electron chi connectivity index (χ2n) is 4.03. The van der Waals surface area contributed by atoms with Crippen molar-refractivity contribution in [3.8, 4) is 23.3 Å². The number of ether oxygens (including phenoxy) is 2. The lowest BCUT2D eigenvalue weighted by Gasteiger charge is -2.07. The van der Waals surface area contributed by atoms with E-state index in [0.717, 1.165) is 17.1 Å². The number of allylic oxidation sites excluding steroid dienone is 1. The van der Waals surface area contributed by atoms with E-state index in [4.69, 9.17) is 20.5 Å². The van der Waals surface area contributed by atoms with Crippen molar-refractivity contribution >= 4 is 5.70 Å². The average Bonchev–Trinajstić information content (AvgIpc) is 2.49. The molecule has 0 radical (unpaired) electrons. The lowest BCUT2D eigenvalue weighted by atomic mass is 10.1. The first-order chi connectivity index (χ1) is 9.72. The van der Waals surface area contributed by atoms with Gasteiger partial charge in [0.05, 0.1) is 13.2 Å². The molecule has 0 saturated heterocycles. The molecule has 0 atom stereocenters. The van der Waals surface area contributed by atoms with Gasteiger partial charge in [0.2, 0.25) is 0 Å². The van der Waals surface area contributed by atoms with Gasteiger partial charge in [0.1, 0.15) is 17.2 Å². The van der Waals surface area contributed by atoms with Crippen molar-refractivity contribution in [1.82, 2.24) is 0 Å². The molecule has 0 spiro atoms. The normalized spacial score (nSPS) is 10.7. The summed E-state index contributed by atoms with van der Waals surface area (Å²) in [5.74, 6) is 2.20. The Labute approximate surface area is 117 Å². The molecule has 20 heavy (non-hydrogen) atoms. The molecule has 2 rings (SSSR count). The van der Waals surface area contributed by atoms with Crippen LogP contribution in [0.1, 0.15) is 5.56 Å². The number of hydrogen-bond donors (Lipinski definition) is 1. The third-order valence-corrected chi connectivity index (χ3v) is 2.70. The van der Waals surface area contributed by atoms with Crippen molar-refractivity contribution in [3.63, 3.8) is 0 Å². The Morgan fingerprint density at radius 3 is 2.00 bits per heavy atom. The van der Waals surface area contributed by atoms with Crippen LogP contribution >= 0.6 is 0 Å². The number of nitrogens with zero attached hydrogens (tertiary/aromatic N) is 1. The maximum absolute atomic E-state index is 8.55. The summed E-state index contributed by atoms with van der Waals surface area (Å²) in [6.45, 7) is 0. The van der Waals surface area contributed by atoms with Gasteiger partial charge in [0.15, 0.2) is 0 Å². The van der Waals surface area contributed by atoms with E-state index < -0.39 is 0 Å². The van der Waals surface area contributed by atoms with Crippen molar-refractivity contribution in [3.05, 3.63) is 60.2 Å². The average molecular weight is 266 g/mol. The van der Waals surface area contributed by atoms with Crippen molar-refractivity contribution in [1.29, 1.82) is 5.26 Å². The van der Waals surface area contributed by atoms with E-state index >= 15 is 0 Å². The third kappa shape index (κ3) is 3.30. The van der Waals surface area contributed by atoms with Crippen LogP contribution in [0.2, 0.25) is 0 Å². The first-order valence-electron chi connectivity index (χ1n) is 6.00. The molecule has 2 N–H and O–H groups in total. The number of methoxy groups -OCH3 is 1. The van der Waals surface area contributed by atoms with Crippen LogP contribution in [0.4, 0.5) is 0 Å². The fraction of sp³-hybridized carbons (Fsp3) is 0.0625. The van der Waals surface area contributed by atoms with Crippen LogP contribution in [-0.2, 0) is 0 Å². The molecule has 100 valence electrons. The monoisotopic (exact) mass is 266 g/mol. The zero-order valence-electron chi connectivity index (χ0n) is 11.0. The zero-order chi connectivity index (χ0) is 14.4. The van der Waals surface area contributed by atoms with Crippen LogP contribution in [0.25, 0.3) is 5.70 Å². The van der Waals surface area contributed by atoms with Crippen molar-refractivity contribution in [2.24, 2.45) is 5.73 Å². The van der Waals surface area contributed by atoms with Crippen molar-refractivity contribution in [2.75, 3.05) is 7.11 Å². The molecular weight excluding hydrogens is 252 g/mol. The molecule has 0 aliphatic rings. The van der Waals surface area contributed by atoms with E-state index in [2.05, 4.69) is 0 Å². The molecule has 0 fully saturated rings. The summed E-state index contributed by atoms with van der Waals surface area (Å²) in [5.41, 5.74) is 6.94. The highest BCUT2D eigenvalue weighted by Gasteiger charge is 2.00. The molecule has 0 aliphatic carbocycles. The van der Waals surface area contributed by atoms with E-state index in [0.29, 0.717) is 11.4 Å². The predicted molar refractivity (Wildman–Crippen MR) is 77.3 cm³/mol. The molecule has 2 aromatic carbocycles. The summed E-state index contributed by atoms with van der Waals surface area (Å²) >= 11 is 0. The molecular formula is C16H14N2O2. The first kappa shape index (κ1) is 13.5. The van der Waals surface area contributed by atoms with Gasteiger partial charge < -0.3 is 15.2 Å². The quantitative estimate of drug-likeness (QED) is 0.862. The lowest BCUT2D eigenvalue weighted by molar-refractivity contribution is 0.413. The largest absolute Gasteiger partial charge is 0.497 e. The summed E-state index contributed by atoms with van der Waals surface area (Å²) < 4.78 is 10.8. The van der Waals surface area contributed by atoms with Gasteiger partial charge in [-0.05, 0) is 54.1 Å². The number of benzene rings is 2. The van der Waals surface area contributed by atoms with E-state index in [-0.39, 0.29) is 0 Å². The van der Waals surface area contributed by atoms with Gasteiger partial charge in [-0.15, -0.1) is 0 Å². The molecule has 0 unspecified atom stereocenters.